The van der Waals surface area contributed by atoms with Crippen molar-refractivity contribution in [2.24, 2.45) is 7.05 Å². The van der Waals surface area contributed by atoms with Crippen molar-refractivity contribution < 1.29 is 36.9 Å². The third-order valence-electron chi connectivity index (χ3n) is 4.27. The molecule has 0 fully saturated rings. The van der Waals surface area contributed by atoms with E-state index in [-0.39, 0.29) is 37.5 Å². The van der Waals surface area contributed by atoms with Crippen molar-refractivity contribution in [3.63, 3.8) is 0 Å². The van der Waals surface area contributed by atoms with Crippen molar-refractivity contribution in [1.82, 2.24) is 9.13 Å². The van der Waals surface area contributed by atoms with E-state index in [0.717, 1.165) is 19.2 Å². The number of carboxylic acids is 1. The molecule has 0 aliphatic rings. The number of hydrogen-bond acceptors (Lipinski definition) is 5. The van der Waals surface area contributed by atoms with Crippen molar-refractivity contribution in [2.45, 2.75) is 6.18 Å². The van der Waals surface area contributed by atoms with Crippen molar-refractivity contribution >= 4 is 17.6 Å². The molecule has 33 heavy (non-hydrogen) atoms. The number of carbonyl (C=O) groups is 1. The Hall–Kier alpha value is -3.80. The number of rotatable bonds is 6. The Morgan fingerprint density at radius 2 is 1.70 bits per heavy atom. The van der Waals surface area contributed by atoms with Crippen LogP contribution in [0.2, 0.25) is 5.02 Å². The lowest BCUT2D eigenvalue weighted by atomic mass is 10.2. The van der Waals surface area contributed by atoms with Gasteiger partial charge >= 0.3 is 17.8 Å². The molecule has 0 atom stereocenters. The molecule has 1 aromatic heterocycles. The minimum atomic E-state index is -4.97. The van der Waals surface area contributed by atoms with E-state index in [0.29, 0.717) is 0 Å². The molecular weight excluding hydrogens is 476 g/mol. The van der Waals surface area contributed by atoms with Crippen molar-refractivity contribution in [1.29, 1.82) is 0 Å². The molecule has 13 heteroatoms. The predicted octanol–water partition coefficient (Wildman–Crippen LogP) is 3.60. The van der Waals surface area contributed by atoms with Gasteiger partial charge in [-0.2, -0.15) is 13.2 Å². The number of hydrogen-bond donors (Lipinski definition) is 1. The Morgan fingerprint density at radius 1 is 1.09 bits per heavy atom. The molecule has 3 aromatic rings. The zero-order valence-corrected chi connectivity index (χ0v) is 17.3. The highest BCUT2D eigenvalue weighted by atomic mass is 35.5. The van der Waals surface area contributed by atoms with Gasteiger partial charge in [0.1, 0.15) is 28.8 Å². The van der Waals surface area contributed by atoms with Gasteiger partial charge in [0, 0.05) is 19.2 Å². The van der Waals surface area contributed by atoms with Gasteiger partial charge in [-0.3, -0.25) is 9.36 Å². The molecule has 2 aromatic carbocycles. The average Bonchev–Trinajstić information content (AvgIpc) is 2.72. The van der Waals surface area contributed by atoms with Crippen molar-refractivity contribution in [2.75, 3.05) is 6.61 Å². The summed E-state index contributed by atoms with van der Waals surface area (Å²) in [5.74, 6) is -2.17. The Morgan fingerprint density at radius 3 is 2.27 bits per heavy atom. The molecule has 0 aliphatic carbocycles. The number of aliphatic carboxylic acids is 1. The topological polar surface area (TPSA) is 99.8 Å². The molecular formula is C20H13ClF4N2O6. The van der Waals surface area contributed by atoms with Gasteiger partial charge in [0.05, 0.1) is 10.7 Å². The second kappa shape index (κ2) is 8.98. The van der Waals surface area contributed by atoms with E-state index in [9.17, 15) is 31.9 Å². The molecule has 3 rings (SSSR count). The zero-order chi connectivity index (χ0) is 24.5. The molecule has 174 valence electrons. The van der Waals surface area contributed by atoms with E-state index in [1.54, 1.807) is 0 Å². The molecule has 0 bridgehead atoms. The van der Waals surface area contributed by atoms with E-state index in [4.69, 9.17) is 26.2 Å². The summed E-state index contributed by atoms with van der Waals surface area (Å²) in [5.41, 5.74) is -5.00. The van der Waals surface area contributed by atoms with E-state index < -0.39 is 47.2 Å². The lowest BCUT2D eigenvalue weighted by Gasteiger charge is -2.15. The quantitative estimate of drug-likeness (QED) is 0.532. The van der Waals surface area contributed by atoms with Crippen molar-refractivity contribution in [3.05, 3.63) is 79.8 Å². The van der Waals surface area contributed by atoms with E-state index >= 15 is 0 Å². The van der Waals surface area contributed by atoms with Crippen LogP contribution in [0.3, 0.4) is 0 Å². The average molecular weight is 489 g/mol. The fraction of sp³-hybridized carbons (Fsp3) is 0.150. The lowest BCUT2D eigenvalue weighted by molar-refractivity contribution is -0.144. The van der Waals surface area contributed by atoms with E-state index in [2.05, 4.69) is 0 Å². The van der Waals surface area contributed by atoms with Crippen LogP contribution in [0.1, 0.15) is 5.69 Å². The van der Waals surface area contributed by atoms with E-state index in [1.165, 1.54) is 24.3 Å². The molecule has 0 aliphatic heterocycles. The lowest BCUT2D eigenvalue weighted by Crippen LogP contribution is -2.41. The smallest absolute Gasteiger partial charge is 0.431 e. The summed E-state index contributed by atoms with van der Waals surface area (Å²) in [6.07, 6.45) is -4.97. The normalized spacial score (nSPS) is 11.3. The molecule has 0 saturated heterocycles. The minimum Gasteiger partial charge on any atom is -0.482 e. The largest absolute Gasteiger partial charge is 0.482 e. The van der Waals surface area contributed by atoms with Gasteiger partial charge in [-0.15, -0.1) is 0 Å². The Kier molecular flexibility index (Phi) is 6.49. The van der Waals surface area contributed by atoms with Crippen LogP contribution in [0.25, 0.3) is 5.69 Å². The molecule has 1 heterocycles. The van der Waals surface area contributed by atoms with Crippen LogP contribution in [0.4, 0.5) is 17.6 Å². The predicted molar refractivity (Wildman–Crippen MR) is 107 cm³/mol. The first-order valence-electron chi connectivity index (χ1n) is 8.90. The van der Waals surface area contributed by atoms with Crippen LogP contribution in [-0.2, 0) is 18.0 Å². The maximum atomic E-state index is 14.5. The van der Waals surface area contributed by atoms with Gasteiger partial charge in [0.2, 0.25) is 0 Å². The van der Waals surface area contributed by atoms with Gasteiger partial charge in [-0.05, 0) is 30.3 Å². The number of aromatic nitrogens is 2. The third-order valence-corrected chi connectivity index (χ3v) is 4.56. The summed E-state index contributed by atoms with van der Waals surface area (Å²) in [6.45, 7) is -0.565. The Balaban J connectivity index is 2.01. The molecule has 8 nitrogen and oxygen atoms in total. The van der Waals surface area contributed by atoms with Crippen LogP contribution >= 0.6 is 11.6 Å². The highest BCUT2D eigenvalue weighted by molar-refractivity contribution is 6.32. The first-order chi connectivity index (χ1) is 15.4. The number of halogens is 5. The fourth-order valence-corrected chi connectivity index (χ4v) is 2.95. The Bertz CT molecular complexity index is 1330. The van der Waals surface area contributed by atoms with Gasteiger partial charge in [-0.25, -0.2) is 18.5 Å². The van der Waals surface area contributed by atoms with Crippen LogP contribution < -0.4 is 20.7 Å². The molecule has 0 radical (unpaired) electrons. The molecule has 1 N–H and O–H groups in total. The monoisotopic (exact) mass is 488 g/mol. The van der Waals surface area contributed by atoms with Crippen LogP contribution in [0, 0.1) is 5.82 Å². The van der Waals surface area contributed by atoms with E-state index in [1.807, 2.05) is 0 Å². The molecule has 0 unspecified atom stereocenters. The zero-order valence-electron chi connectivity index (χ0n) is 16.5. The van der Waals surface area contributed by atoms with Crippen molar-refractivity contribution in [3.8, 4) is 22.9 Å². The Labute approximate surface area is 186 Å². The molecule has 0 spiro atoms. The third kappa shape index (κ3) is 5.17. The fourth-order valence-electron chi connectivity index (χ4n) is 2.76. The summed E-state index contributed by atoms with van der Waals surface area (Å²) in [7, 11) is 0.792. The summed E-state index contributed by atoms with van der Waals surface area (Å²) in [6, 6.07) is 7.31. The summed E-state index contributed by atoms with van der Waals surface area (Å²) in [5, 5.41) is 8.36. The molecule has 0 saturated carbocycles. The number of benzene rings is 2. The highest BCUT2D eigenvalue weighted by Gasteiger charge is 2.35. The summed E-state index contributed by atoms with van der Waals surface area (Å²) < 4.78 is 64.6. The summed E-state index contributed by atoms with van der Waals surface area (Å²) in [4.78, 5) is 35.2. The van der Waals surface area contributed by atoms with Gasteiger partial charge < -0.3 is 14.6 Å². The highest BCUT2D eigenvalue weighted by Crippen LogP contribution is 2.33. The number of alkyl halides is 3. The number of ether oxygens (including phenoxy) is 2. The van der Waals surface area contributed by atoms with Crippen LogP contribution in [0.15, 0.2) is 52.1 Å². The first kappa shape index (κ1) is 23.9. The standard InChI is InChI=1S/C20H13ClF4N2O6/c1-26-16(20(23,24)25)8-17(28)27(19(26)31)14-7-15(12(21)6-13(14)22)33-11-4-2-10(3-5-11)32-9-18(29)30/h2-8H,9H2,1H3,(H,29,30). The second-order valence-corrected chi connectivity index (χ2v) is 6.94. The van der Waals surface area contributed by atoms with Gasteiger partial charge in [0.25, 0.3) is 5.56 Å². The first-order valence-corrected chi connectivity index (χ1v) is 9.28. The number of carboxylic acid groups (broad SMARTS) is 1. The second-order valence-electron chi connectivity index (χ2n) is 6.53. The number of nitrogens with zero attached hydrogens (tertiary/aromatic N) is 2. The van der Waals surface area contributed by atoms with Gasteiger partial charge in [-0.1, -0.05) is 11.6 Å². The summed E-state index contributed by atoms with van der Waals surface area (Å²) >= 11 is 5.98. The van der Waals surface area contributed by atoms with Crippen LogP contribution in [-0.4, -0.2) is 26.8 Å². The maximum absolute atomic E-state index is 14.5. The van der Waals surface area contributed by atoms with Gasteiger partial charge in [0.15, 0.2) is 6.61 Å². The SMILES string of the molecule is Cn1c(C(F)(F)F)cc(=O)n(-c2cc(Oc3ccc(OCC(=O)O)cc3)c(Cl)cc2F)c1=O. The maximum Gasteiger partial charge on any atom is 0.431 e. The van der Waals surface area contributed by atoms with Crippen LogP contribution in [0.5, 0.6) is 17.2 Å². The molecule has 0 amide bonds. The minimum absolute atomic E-state index is 0.143.